The van der Waals surface area contributed by atoms with Crippen molar-refractivity contribution < 1.29 is 9.53 Å². The maximum atomic E-state index is 11.3. The number of anilines is 1. The Hall–Kier alpha value is -1.07. The molecule has 0 aromatic heterocycles. The largest absolute Gasteiger partial charge is 0.468 e. The van der Waals surface area contributed by atoms with Gasteiger partial charge in [0, 0.05) is 16.7 Å². The Balaban J connectivity index is 2.09. The van der Waals surface area contributed by atoms with Crippen LogP contribution in [0.2, 0.25) is 0 Å². The number of hydrogen-bond donors (Lipinski definition) is 1. The Morgan fingerprint density at radius 3 is 2.68 bits per heavy atom. The number of benzene rings is 2. The van der Waals surface area contributed by atoms with Crippen molar-refractivity contribution in [2.75, 3.05) is 19.0 Å². The van der Waals surface area contributed by atoms with Crippen molar-refractivity contribution >= 4 is 54.3 Å². The molecule has 0 bridgehead atoms. The van der Waals surface area contributed by atoms with E-state index in [1.54, 1.807) is 0 Å². The fourth-order valence-electron chi connectivity index (χ4n) is 1.75. The van der Waals surface area contributed by atoms with Crippen LogP contribution in [0.3, 0.4) is 0 Å². The molecule has 0 aliphatic carbocycles. The molecule has 100 valence electrons. The topological polar surface area (TPSA) is 38.3 Å². The molecule has 5 heteroatoms. The molecular weight excluding hydrogens is 374 g/mol. The quantitative estimate of drug-likeness (QED) is 0.638. The zero-order valence-corrected chi connectivity index (χ0v) is 13.5. The molecule has 0 radical (unpaired) electrons. The van der Waals surface area contributed by atoms with Gasteiger partial charge in [0.2, 0.25) is 0 Å². The number of esters is 1. The first-order chi connectivity index (χ1) is 9.10. The van der Waals surface area contributed by atoms with E-state index >= 15 is 0 Å². The number of halogens is 2. The number of nitrogens with one attached hydrogen (secondary N) is 1. The zero-order chi connectivity index (χ0) is 13.8. The second-order valence-corrected chi connectivity index (χ2v) is 6.10. The first kappa shape index (κ1) is 14.3. The van der Waals surface area contributed by atoms with Crippen LogP contribution >= 0.6 is 31.9 Å². The van der Waals surface area contributed by atoms with Crippen LogP contribution in [0, 0.1) is 0 Å². The Kier molecular flexibility index (Phi) is 4.82. The molecular formula is C14H13Br2NO2. The molecule has 0 amide bonds. The van der Waals surface area contributed by atoms with Crippen LogP contribution in [0.15, 0.2) is 40.9 Å². The van der Waals surface area contributed by atoms with Crippen LogP contribution in [0.25, 0.3) is 10.8 Å². The van der Waals surface area contributed by atoms with Gasteiger partial charge in [-0.3, -0.25) is 4.79 Å². The fraction of sp³-hybridized carbons (Fsp3) is 0.214. The van der Waals surface area contributed by atoms with Gasteiger partial charge in [-0.05, 0) is 35.0 Å². The minimum Gasteiger partial charge on any atom is -0.468 e. The molecule has 1 atom stereocenters. The summed E-state index contributed by atoms with van der Waals surface area (Å²) in [6.07, 6.45) is 0. The van der Waals surface area contributed by atoms with Gasteiger partial charge in [-0.25, -0.2) is 0 Å². The van der Waals surface area contributed by atoms with E-state index in [9.17, 15) is 4.79 Å². The highest BCUT2D eigenvalue weighted by Crippen LogP contribution is 2.23. The summed E-state index contributed by atoms with van der Waals surface area (Å²) in [6, 6.07) is 12.2. The summed E-state index contributed by atoms with van der Waals surface area (Å²) in [4.78, 5) is 10.9. The van der Waals surface area contributed by atoms with Gasteiger partial charge >= 0.3 is 5.97 Å². The summed E-state index contributed by atoms with van der Waals surface area (Å²) < 4.78 is 5.71. The van der Waals surface area contributed by atoms with Crippen LogP contribution in [0.4, 0.5) is 5.69 Å². The second kappa shape index (κ2) is 6.39. The van der Waals surface area contributed by atoms with E-state index in [1.165, 1.54) is 12.5 Å². The Labute approximate surface area is 128 Å². The van der Waals surface area contributed by atoms with E-state index in [2.05, 4.69) is 60.1 Å². The van der Waals surface area contributed by atoms with Gasteiger partial charge in [0.25, 0.3) is 0 Å². The van der Waals surface area contributed by atoms with Crippen LogP contribution in [-0.4, -0.2) is 24.5 Å². The average molecular weight is 387 g/mol. The summed E-state index contributed by atoms with van der Waals surface area (Å²) in [6.45, 7) is 0.481. The first-order valence-electron chi connectivity index (χ1n) is 5.75. The lowest BCUT2D eigenvalue weighted by Crippen LogP contribution is -2.24. The molecule has 2 aromatic rings. The van der Waals surface area contributed by atoms with E-state index in [0.29, 0.717) is 6.54 Å². The SMILES string of the molecule is COC(=O)C(Br)CNc1ccc2cc(Br)ccc2c1. The molecule has 0 saturated heterocycles. The molecule has 0 aliphatic heterocycles. The number of methoxy groups -OCH3 is 1. The molecule has 0 saturated carbocycles. The fourth-order valence-corrected chi connectivity index (χ4v) is 2.47. The van der Waals surface area contributed by atoms with Gasteiger partial charge in [-0.1, -0.05) is 44.0 Å². The number of ether oxygens (including phenoxy) is 1. The molecule has 0 fully saturated rings. The molecule has 2 rings (SSSR count). The third-order valence-corrected chi connectivity index (χ3v) is 3.94. The molecule has 0 spiro atoms. The summed E-state index contributed by atoms with van der Waals surface area (Å²) in [7, 11) is 1.38. The van der Waals surface area contributed by atoms with Gasteiger partial charge < -0.3 is 10.1 Å². The van der Waals surface area contributed by atoms with Gasteiger partial charge in [0.15, 0.2) is 0 Å². The standard InChI is InChI=1S/C14H13Br2NO2/c1-19-14(18)13(16)8-17-12-5-3-9-6-11(15)4-2-10(9)7-12/h2-7,13,17H,8H2,1H3. The third-order valence-electron chi connectivity index (χ3n) is 2.74. The summed E-state index contributed by atoms with van der Waals surface area (Å²) in [5.74, 6) is -0.280. The zero-order valence-electron chi connectivity index (χ0n) is 10.3. The van der Waals surface area contributed by atoms with Gasteiger partial charge in [0.05, 0.1) is 7.11 Å². The van der Waals surface area contributed by atoms with Crippen molar-refractivity contribution in [1.82, 2.24) is 0 Å². The van der Waals surface area contributed by atoms with Crippen molar-refractivity contribution in [2.45, 2.75) is 4.83 Å². The number of rotatable bonds is 4. The minimum absolute atomic E-state index is 0.280. The van der Waals surface area contributed by atoms with Crippen LogP contribution in [0.1, 0.15) is 0 Å². The molecule has 2 aromatic carbocycles. The maximum Gasteiger partial charge on any atom is 0.321 e. The third kappa shape index (κ3) is 3.70. The van der Waals surface area contributed by atoms with Crippen molar-refractivity contribution in [1.29, 1.82) is 0 Å². The lowest BCUT2D eigenvalue weighted by atomic mass is 10.1. The highest BCUT2D eigenvalue weighted by molar-refractivity contribution is 9.10. The molecule has 1 unspecified atom stereocenters. The van der Waals surface area contributed by atoms with E-state index in [4.69, 9.17) is 0 Å². The summed E-state index contributed by atoms with van der Waals surface area (Å²) >= 11 is 6.73. The molecule has 3 nitrogen and oxygen atoms in total. The van der Waals surface area contributed by atoms with Crippen molar-refractivity contribution in [3.05, 3.63) is 40.9 Å². The second-order valence-electron chi connectivity index (χ2n) is 4.08. The molecule has 19 heavy (non-hydrogen) atoms. The number of carbonyl (C=O) groups excluding carboxylic acids is 1. The minimum atomic E-state index is -0.349. The van der Waals surface area contributed by atoms with E-state index < -0.39 is 0 Å². The first-order valence-corrected chi connectivity index (χ1v) is 7.46. The average Bonchev–Trinajstić information content (AvgIpc) is 2.43. The van der Waals surface area contributed by atoms with Crippen molar-refractivity contribution in [3.63, 3.8) is 0 Å². The number of fused-ring (bicyclic) bond motifs is 1. The Bertz CT molecular complexity index is 601. The van der Waals surface area contributed by atoms with Gasteiger partial charge in [-0.2, -0.15) is 0 Å². The lowest BCUT2D eigenvalue weighted by Gasteiger charge is -2.11. The monoisotopic (exact) mass is 385 g/mol. The van der Waals surface area contributed by atoms with E-state index in [0.717, 1.165) is 15.5 Å². The lowest BCUT2D eigenvalue weighted by molar-refractivity contribution is -0.139. The predicted molar refractivity (Wildman–Crippen MR) is 84.9 cm³/mol. The Morgan fingerprint density at radius 1 is 1.26 bits per heavy atom. The predicted octanol–water partition coefficient (Wildman–Crippen LogP) is 3.95. The normalized spacial score (nSPS) is 12.2. The van der Waals surface area contributed by atoms with Crippen molar-refractivity contribution in [3.8, 4) is 0 Å². The maximum absolute atomic E-state index is 11.3. The highest BCUT2D eigenvalue weighted by atomic mass is 79.9. The van der Waals surface area contributed by atoms with Crippen LogP contribution in [0.5, 0.6) is 0 Å². The number of hydrogen-bond acceptors (Lipinski definition) is 3. The Morgan fingerprint density at radius 2 is 1.95 bits per heavy atom. The van der Waals surface area contributed by atoms with E-state index in [-0.39, 0.29) is 10.8 Å². The van der Waals surface area contributed by atoms with Gasteiger partial charge in [-0.15, -0.1) is 0 Å². The smallest absolute Gasteiger partial charge is 0.321 e. The number of alkyl halides is 1. The molecule has 1 N–H and O–H groups in total. The summed E-state index contributed by atoms with van der Waals surface area (Å²) in [5.41, 5.74) is 0.975. The highest BCUT2D eigenvalue weighted by Gasteiger charge is 2.14. The summed E-state index contributed by atoms with van der Waals surface area (Å²) in [5, 5.41) is 5.53. The van der Waals surface area contributed by atoms with Crippen molar-refractivity contribution in [2.24, 2.45) is 0 Å². The molecule has 0 aliphatic rings. The van der Waals surface area contributed by atoms with Gasteiger partial charge in [0.1, 0.15) is 4.83 Å². The van der Waals surface area contributed by atoms with Crippen LogP contribution < -0.4 is 5.32 Å². The van der Waals surface area contributed by atoms with Crippen LogP contribution in [-0.2, 0) is 9.53 Å². The molecule has 0 heterocycles. The number of carbonyl (C=O) groups is 1. The van der Waals surface area contributed by atoms with E-state index in [1.807, 2.05) is 18.2 Å².